The maximum atomic E-state index is 12.4. The first-order valence-electron chi connectivity index (χ1n) is 5.03. The molecule has 17 heavy (non-hydrogen) atoms. The molecule has 96 valence electrons. The van der Waals surface area contributed by atoms with Crippen LogP contribution in [0.4, 0.5) is 13.2 Å². The Hall–Kier alpha value is -1.27. The van der Waals surface area contributed by atoms with Gasteiger partial charge in [-0.05, 0) is 18.2 Å². The summed E-state index contributed by atoms with van der Waals surface area (Å²) < 4.78 is 42.3. The molecule has 0 saturated heterocycles. The van der Waals surface area contributed by atoms with Gasteiger partial charge in [-0.25, -0.2) is 0 Å². The monoisotopic (exact) mass is 250 g/mol. The second-order valence-electron chi connectivity index (χ2n) is 3.46. The summed E-state index contributed by atoms with van der Waals surface area (Å²) in [5, 5.41) is 17.5. The molecule has 0 aliphatic heterocycles. The van der Waals surface area contributed by atoms with Gasteiger partial charge in [-0.3, -0.25) is 0 Å². The number of aliphatic hydroxyl groups excluding tert-OH is 2. The molecule has 0 amide bonds. The number of alkyl halides is 3. The summed E-state index contributed by atoms with van der Waals surface area (Å²) >= 11 is 0. The molecule has 1 atom stereocenters. The summed E-state index contributed by atoms with van der Waals surface area (Å²) in [5.41, 5.74) is -0.810. The Morgan fingerprint density at radius 2 is 1.94 bits per heavy atom. The zero-order valence-electron chi connectivity index (χ0n) is 8.94. The van der Waals surface area contributed by atoms with E-state index in [4.69, 9.17) is 14.9 Å². The lowest BCUT2D eigenvalue weighted by molar-refractivity contribution is -0.137. The van der Waals surface area contributed by atoms with Crippen molar-refractivity contribution in [1.82, 2.24) is 0 Å². The molecule has 0 bridgehead atoms. The fraction of sp³-hybridized carbons (Fsp3) is 0.455. The van der Waals surface area contributed by atoms with Crippen molar-refractivity contribution < 1.29 is 28.1 Å². The minimum absolute atomic E-state index is 0.0207. The molecule has 0 aliphatic carbocycles. The first-order chi connectivity index (χ1) is 7.97. The van der Waals surface area contributed by atoms with Crippen molar-refractivity contribution in [2.75, 3.05) is 13.2 Å². The first kappa shape index (κ1) is 13.8. The largest absolute Gasteiger partial charge is 0.488 e. The standard InChI is InChI=1S/C11H13F3O3/c12-11(13,14)8-2-1-3-9(6-8)17-10(7-16)4-5-15/h1-3,6,10,15-16H,4-5,7H2. The quantitative estimate of drug-likeness (QED) is 0.838. The lowest BCUT2D eigenvalue weighted by atomic mass is 10.2. The number of halogens is 3. The molecular formula is C11H13F3O3. The number of ether oxygens (including phenoxy) is 1. The van der Waals surface area contributed by atoms with Crippen LogP contribution >= 0.6 is 0 Å². The number of benzene rings is 1. The van der Waals surface area contributed by atoms with Gasteiger partial charge in [0.25, 0.3) is 0 Å². The summed E-state index contributed by atoms with van der Waals surface area (Å²) in [5.74, 6) is 0.0207. The molecule has 1 unspecified atom stereocenters. The van der Waals surface area contributed by atoms with Crippen LogP contribution in [0.15, 0.2) is 24.3 Å². The van der Waals surface area contributed by atoms with Crippen LogP contribution in [0.2, 0.25) is 0 Å². The Labute approximate surface area is 96.5 Å². The van der Waals surface area contributed by atoms with E-state index in [0.717, 1.165) is 12.1 Å². The SMILES string of the molecule is OCCC(CO)Oc1cccc(C(F)(F)F)c1. The van der Waals surface area contributed by atoms with Crippen LogP contribution in [0.25, 0.3) is 0 Å². The highest BCUT2D eigenvalue weighted by molar-refractivity contribution is 5.30. The zero-order chi connectivity index (χ0) is 12.9. The molecule has 1 aromatic rings. The number of hydrogen-bond acceptors (Lipinski definition) is 3. The Bertz CT molecular complexity index is 352. The molecule has 0 spiro atoms. The Balaban J connectivity index is 2.78. The second kappa shape index (κ2) is 5.88. The van der Waals surface area contributed by atoms with Gasteiger partial charge in [0.2, 0.25) is 0 Å². The molecule has 3 nitrogen and oxygen atoms in total. The minimum atomic E-state index is -4.43. The smallest absolute Gasteiger partial charge is 0.416 e. The average Bonchev–Trinajstić information content (AvgIpc) is 2.28. The van der Waals surface area contributed by atoms with Gasteiger partial charge in [0.15, 0.2) is 0 Å². The van der Waals surface area contributed by atoms with Crippen LogP contribution in [0.5, 0.6) is 5.75 Å². The number of rotatable bonds is 5. The molecule has 0 aromatic heterocycles. The number of hydrogen-bond donors (Lipinski definition) is 2. The van der Waals surface area contributed by atoms with Gasteiger partial charge in [-0.1, -0.05) is 6.07 Å². The maximum Gasteiger partial charge on any atom is 0.416 e. The third-order valence-corrected chi connectivity index (χ3v) is 2.12. The van der Waals surface area contributed by atoms with E-state index in [9.17, 15) is 13.2 Å². The van der Waals surface area contributed by atoms with E-state index in [2.05, 4.69) is 0 Å². The van der Waals surface area contributed by atoms with Crippen LogP contribution in [0.1, 0.15) is 12.0 Å². The van der Waals surface area contributed by atoms with Crippen LogP contribution in [-0.2, 0) is 6.18 Å². The summed E-state index contributed by atoms with van der Waals surface area (Å²) in [6, 6.07) is 4.40. The fourth-order valence-corrected chi connectivity index (χ4v) is 1.27. The normalized spacial score (nSPS) is 13.5. The summed E-state index contributed by atoms with van der Waals surface area (Å²) in [6.45, 7) is -0.568. The van der Waals surface area contributed by atoms with Crippen LogP contribution < -0.4 is 4.74 Å². The summed E-state index contributed by atoms with van der Waals surface area (Å²) in [6.07, 6.45) is -4.97. The Kier molecular flexibility index (Phi) is 4.77. The third kappa shape index (κ3) is 4.24. The molecular weight excluding hydrogens is 237 g/mol. The van der Waals surface area contributed by atoms with Crippen molar-refractivity contribution in [2.45, 2.75) is 18.7 Å². The van der Waals surface area contributed by atoms with Gasteiger partial charge in [-0.2, -0.15) is 13.2 Å². The predicted molar refractivity (Wildman–Crippen MR) is 54.6 cm³/mol. The summed E-state index contributed by atoms with van der Waals surface area (Å²) in [7, 11) is 0. The van der Waals surface area contributed by atoms with Gasteiger partial charge in [0.05, 0.1) is 12.2 Å². The lowest BCUT2D eigenvalue weighted by Gasteiger charge is -2.16. The molecule has 6 heteroatoms. The highest BCUT2D eigenvalue weighted by atomic mass is 19.4. The van der Waals surface area contributed by atoms with E-state index in [0.29, 0.717) is 0 Å². The summed E-state index contributed by atoms with van der Waals surface area (Å²) in [4.78, 5) is 0. The van der Waals surface area contributed by atoms with Crippen molar-refractivity contribution in [3.63, 3.8) is 0 Å². The zero-order valence-corrected chi connectivity index (χ0v) is 8.94. The van der Waals surface area contributed by atoms with Crippen molar-refractivity contribution >= 4 is 0 Å². The molecule has 0 saturated carbocycles. The fourth-order valence-electron chi connectivity index (χ4n) is 1.27. The predicted octanol–water partition coefficient (Wildman–Crippen LogP) is 1.83. The van der Waals surface area contributed by atoms with E-state index < -0.39 is 17.8 Å². The molecule has 0 radical (unpaired) electrons. The van der Waals surface area contributed by atoms with Crippen LogP contribution in [-0.4, -0.2) is 29.5 Å². The van der Waals surface area contributed by atoms with Crippen molar-refractivity contribution in [1.29, 1.82) is 0 Å². The van der Waals surface area contributed by atoms with Gasteiger partial charge in [0, 0.05) is 13.0 Å². The number of aliphatic hydroxyl groups is 2. The lowest BCUT2D eigenvalue weighted by Crippen LogP contribution is -2.22. The molecule has 0 fully saturated rings. The van der Waals surface area contributed by atoms with Gasteiger partial charge in [0.1, 0.15) is 11.9 Å². The first-order valence-corrected chi connectivity index (χ1v) is 5.03. The van der Waals surface area contributed by atoms with Gasteiger partial charge < -0.3 is 14.9 Å². The Morgan fingerprint density at radius 1 is 1.24 bits per heavy atom. The topological polar surface area (TPSA) is 49.7 Å². The van der Waals surface area contributed by atoms with Crippen molar-refractivity contribution in [3.05, 3.63) is 29.8 Å². The third-order valence-electron chi connectivity index (χ3n) is 2.12. The molecule has 0 heterocycles. The second-order valence-corrected chi connectivity index (χ2v) is 3.46. The van der Waals surface area contributed by atoms with Gasteiger partial charge >= 0.3 is 6.18 Å². The van der Waals surface area contributed by atoms with Gasteiger partial charge in [-0.15, -0.1) is 0 Å². The Morgan fingerprint density at radius 3 is 2.47 bits per heavy atom. The van der Waals surface area contributed by atoms with Crippen molar-refractivity contribution in [3.8, 4) is 5.75 Å². The highest BCUT2D eigenvalue weighted by Gasteiger charge is 2.30. The van der Waals surface area contributed by atoms with E-state index in [1.54, 1.807) is 0 Å². The van der Waals surface area contributed by atoms with E-state index in [1.165, 1.54) is 12.1 Å². The van der Waals surface area contributed by atoms with E-state index in [1.807, 2.05) is 0 Å². The average molecular weight is 250 g/mol. The van der Waals surface area contributed by atoms with Crippen LogP contribution in [0, 0.1) is 0 Å². The molecule has 1 rings (SSSR count). The molecule has 1 aromatic carbocycles. The van der Waals surface area contributed by atoms with Crippen molar-refractivity contribution in [2.24, 2.45) is 0 Å². The van der Waals surface area contributed by atoms with E-state index >= 15 is 0 Å². The molecule has 2 N–H and O–H groups in total. The molecule has 0 aliphatic rings. The van der Waals surface area contributed by atoms with E-state index in [-0.39, 0.29) is 25.4 Å². The minimum Gasteiger partial charge on any atom is -0.488 e. The van der Waals surface area contributed by atoms with Crippen LogP contribution in [0.3, 0.4) is 0 Å². The maximum absolute atomic E-state index is 12.4. The highest BCUT2D eigenvalue weighted by Crippen LogP contribution is 2.31.